The fraction of sp³-hybridized carbons (Fsp3) is 0.267. The van der Waals surface area contributed by atoms with Crippen molar-refractivity contribution in [2.24, 2.45) is 0 Å². The Kier molecular flexibility index (Phi) is 5.11. The van der Waals surface area contributed by atoms with Crippen molar-refractivity contribution in [2.75, 3.05) is 12.4 Å². The number of amides is 1. The first kappa shape index (κ1) is 15.3. The SMILES string of the molecule is CCC(C(=O)Nc1cncc(OC)n1)c1cccc(Cl)c1. The van der Waals surface area contributed by atoms with Gasteiger partial charge < -0.3 is 10.1 Å². The van der Waals surface area contributed by atoms with Gasteiger partial charge in [0.1, 0.15) is 0 Å². The molecule has 1 aromatic carbocycles. The Hall–Kier alpha value is -2.14. The molecule has 0 spiro atoms. The summed E-state index contributed by atoms with van der Waals surface area (Å²) in [4.78, 5) is 20.5. The van der Waals surface area contributed by atoms with E-state index in [0.29, 0.717) is 23.1 Å². The lowest BCUT2D eigenvalue weighted by atomic mass is 9.96. The molecule has 1 amide bonds. The van der Waals surface area contributed by atoms with Gasteiger partial charge in [0.15, 0.2) is 5.82 Å². The summed E-state index contributed by atoms with van der Waals surface area (Å²) < 4.78 is 4.98. The number of hydrogen-bond donors (Lipinski definition) is 1. The second kappa shape index (κ2) is 7.04. The molecule has 2 aromatic rings. The second-order valence-corrected chi connectivity index (χ2v) is 4.89. The third-order valence-electron chi connectivity index (χ3n) is 3.05. The zero-order valence-corrected chi connectivity index (χ0v) is 12.6. The standard InChI is InChI=1S/C15H16ClN3O2/c1-3-12(10-5-4-6-11(16)7-10)15(20)19-13-8-17-9-14(18-13)21-2/h4-9,12H,3H2,1-2H3,(H,18,19,20). The molecular weight excluding hydrogens is 290 g/mol. The van der Waals surface area contributed by atoms with Crippen LogP contribution in [0.1, 0.15) is 24.8 Å². The average Bonchev–Trinajstić information content (AvgIpc) is 2.48. The third-order valence-corrected chi connectivity index (χ3v) is 3.28. The minimum Gasteiger partial charge on any atom is -0.480 e. The number of ether oxygens (including phenoxy) is 1. The number of hydrogen-bond acceptors (Lipinski definition) is 4. The highest BCUT2D eigenvalue weighted by atomic mass is 35.5. The quantitative estimate of drug-likeness (QED) is 0.921. The van der Waals surface area contributed by atoms with Gasteiger partial charge in [-0.05, 0) is 24.1 Å². The summed E-state index contributed by atoms with van der Waals surface area (Å²) in [5.41, 5.74) is 0.873. The lowest BCUT2D eigenvalue weighted by Gasteiger charge is -2.15. The number of halogens is 1. The van der Waals surface area contributed by atoms with Crippen LogP contribution >= 0.6 is 11.6 Å². The van der Waals surface area contributed by atoms with Gasteiger partial charge in [0, 0.05) is 5.02 Å². The van der Waals surface area contributed by atoms with Crippen LogP contribution in [0.4, 0.5) is 5.82 Å². The van der Waals surface area contributed by atoms with E-state index in [1.165, 1.54) is 19.5 Å². The van der Waals surface area contributed by atoms with Crippen molar-refractivity contribution in [2.45, 2.75) is 19.3 Å². The van der Waals surface area contributed by atoms with Crippen LogP contribution in [0.3, 0.4) is 0 Å². The number of benzene rings is 1. The molecule has 1 aromatic heterocycles. The maximum Gasteiger partial charge on any atom is 0.233 e. The van der Waals surface area contributed by atoms with Crippen LogP contribution < -0.4 is 10.1 Å². The predicted octanol–water partition coefficient (Wildman–Crippen LogP) is 3.27. The van der Waals surface area contributed by atoms with Crippen molar-refractivity contribution in [1.82, 2.24) is 9.97 Å². The number of methoxy groups -OCH3 is 1. The lowest BCUT2D eigenvalue weighted by molar-refractivity contribution is -0.117. The third kappa shape index (κ3) is 3.92. The van der Waals surface area contributed by atoms with Gasteiger partial charge in [-0.2, -0.15) is 4.98 Å². The number of aromatic nitrogens is 2. The summed E-state index contributed by atoms with van der Waals surface area (Å²) in [5, 5.41) is 3.36. The molecule has 0 aliphatic rings. The molecule has 2 rings (SSSR count). The molecule has 0 saturated heterocycles. The number of nitrogens with zero attached hydrogens (tertiary/aromatic N) is 2. The van der Waals surface area contributed by atoms with Crippen LogP contribution in [0.25, 0.3) is 0 Å². The van der Waals surface area contributed by atoms with Crippen LogP contribution in [0.5, 0.6) is 5.88 Å². The van der Waals surface area contributed by atoms with Gasteiger partial charge in [-0.25, -0.2) is 0 Å². The molecule has 110 valence electrons. The van der Waals surface area contributed by atoms with E-state index in [0.717, 1.165) is 5.56 Å². The van der Waals surface area contributed by atoms with Crippen molar-refractivity contribution in [3.63, 3.8) is 0 Å². The van der Waals surface area contributed by atoms with E-state index in [1.807, 2.05) is 19.1 Å². The van der Waals surface area contributed by atoms with Gasteiger partial charge in [0.05, 0.1) is 25.4 Å². The summed E-state index contributed by atoms with van der Waals surface area (Å²) in [5.74, 6) is 0.266. The highest BCUT2D eigenvalue weighted by Gasteiger charge is 2.19. The molecule has 0 fully saturated rings. The molecule has 0 bridgehead atoms. The fourth-order valence-electron chi connectivity index (χ4n) is 2.02. The first-order valence-corrected chi connectivity index (χ1v) is 6.94. The number of nitrogens with one attached hydrogen (secondary N) is 1. The average molecular weight is 306 g/mol. The van der Waals surface area contributed by atoms with E-state index in [1.54, 1.807) is 12.1 Å². The van der Waals surface area contributed by atoms with Gasteiger partial charge >= 0.3 is 0 Å². The minimum absolute atomic E-state index is 0.151. The van der Waals surface area contributed by atoms with Crippen LogP contribution in [0, 0.1) is 0 Å². The van der Waals surface area contributed by atoms with E-state index in [2.05, 4.69) is 15.3 Å². The van der Waals surface area contributed by atoms with E-state index >= 15 is 0 Å². The summed E-state index contributed by atoms with van der Waals surface area (Å²) >= 11 is 5.98. The van der Waals surface area contributed by atoms with Crippen molar-refractivity contribution < 1.29 is 9.53 Å². The topological polar surface area (TPSA) is 64.1 Å². The van der Waals surface area contributed by atoms with Crippen LogP contribution in [-0.2, 0) is 4.79 Å². The van der Waals surface area contributed by atoms with Crippen LogP contribution in [0.2, 0.25) is 5.02 Å². The maximum atomic E-state index is 12.4. The van der Waals surface area contributed by atoms with Crippen molar-refractivity contribution in [1.29, 1.82) is 0 Å². The van der Waals surface area contributed by atoms with Gasteiger partial charge in [0.2, 0.25) is 11.8 Å². The highest BCUT2D eigenvalue weighted by molar-refractivity contribution is 6.30. The zero-order valence-electron chi connectivity index (χ0n) is 11.8. The van der Waals surface area contributed by atoms with E-state index in [-0.39, 0.29) is 11.8 Å². The van der Waals surface area contributed by atoms with E-state index in [9.17, 15) is 4.79 Å². The molecule has 1 N–H and O–H groups in total. The zero-order chi connectivity index (χ0) is 15.2. The number of rotatable bonds is 5. The number of anilines is 1. The molecule has 0 aliphatic carbocycles. The minimum atomic E-state index is -0.295. The lowest BCUT2D eigenvalue weighted by Crippen LogP contribution is -2.21. The Morgan fingerprint density at radius 3 is 2.90 bits per heavy atom. The summed E-state index contributed by atoms with van der Waals surface area (Å²) in [7, 11) is 1.50. The Morgan fingerprint density at radius 2 is 2.24 bits per heavy atom. The summed E-state index contributed by atoms with van der Waals surface area (Å²) in [6.07, 6.45) is 3.61. The summed E-state index contributed by atoms with van der Waals surface area (Å²) in [6.45, 7) is 1.95. The second-order valence-electron chi connectivity index (χ2n) is 4.45. The Bertz CT molecular complexity index is 634. The first-order valence-electron chi connectivity index (χ1n) is 6.56. The van der Waals surface area contributed by atoms with Gasteiger partial charge in [0.25, 0.3) is 0 Å². The van der Waals surface area contributed by atoms with Crippen molar-refractivity contribution >= 4 is 23.3 Å². The monoisotopic (exact) mass is 305 g/mol. The summed E-state index contributed by atoms with van der Waals surface area (Å²) in [6, 6.07) is 7.30. The molecule has 0 radical (unpaired) electrons. The predicted molar refractivity (Wildman–Crippen MR) is 81.7 cm³/mol. The molecule has 1 atom stereocenters. The largest absolute Gasteiger partial charge is 0.480 e. The molecule has 6 heteroatoms. The van der Waals surface area contributed by atoms with E-state index < -0.39 is 0 Å². The molecule has 1 heterocycles. The Labute approximate surface area is 128 Å². The molecule has 0 saturated carbocycles. The number of carbonyl (C=O) groups is 1. The number of carbonyl (C=O) groups excluding carboxylic acids is 1. The normalized spacial score (nSPS) is 11.8. The van der Waals surface area contributed by atoms with Gasteiger partial charge in [-0.3, -0.25) is 9.78 Å². The smallest absolute Gasteiger partial charge is 0.233 e. The molecule has 1 unspecified atom stereocenters. The van der Waals surface area contributed by atoms with Crippen molar-refractivity contribution in [3.05, 3.63) is 47.2 Å². The van der Waals surface area contributed by atoms with Crippen LogP contribution in [-0.4, -0.2) is 23.0 Å². The molecular formula is C15H16ClN3O2. The molecule has 21 heavy (non-hydrogen) atoms. The van der Waals surface area contributed by atoms with Gasteiger partial charge in [-0.1, -0.05) is 30.7 Å². The maximum absolute atomic E-state index is 12.4. The van der Waals surface area contributed by atoms with Crippen molar-refractivity contribution in [3.8, 4) is 5.88 Å². The Balaban J connectivity index is 2.16. The fourth-order valence-corrected chi connectivity index (χ4v) is 2.21. The molecule has 5 nitrogen and oxygen atoms in total. The van der Waals surface area contributed by atoms with E-state index in [4.69, 9.17) is 16.3 Å². The molecule has 0 aliphatic heterocycles. The first-order chi connectivity index (χ1) is 10.1. The Morgan fingerprint density at radius 1 is 1.43 bits per heavy atom. The highest BCUT2D eigenvalue weighted by Crippen LogP contribution is 2.24. The van der Waals surface area contributed by atoms with Crippen LogP contribution in [0.15, 0.2) is 36.7 Å². The van der Waals surface area contributed by atoms with Gasteiger partial charge in [-0.15, -0.1) is 0 Å².